The van der Waals surface area contributed by atoms with Crippen molar-refractivity contribution in [1.82, 2.24) is 0 Å². The van der Waals surface area contributed by atoms with Crippen LogP contribution in [-0.2, 0) is 0 Å². The highest BCUT2D eigenvalue weighted by molar-refractivity contribution is 14.1. The second-order valence-corrected chi connectivity index (χ2v) is 6.12. The number of aryl methyl sites for hydroxylation is 1. The van der Waals surface area contributed by atoms with E-state index in [-0.39, 0.29) is 11.9 Å². The number of amides is 1. The number of benzene rings is 2. The Morgan fingerprint density at radius 3 is 2.30 bits per heavy atom. The summed E-state index contributed by atoms with van der Waals surface area (Å²) in [5, 5.41) is 0. The Morgan fingerprint density at radius 2 is 1.70 bits per heavy atom. The summed E-state index contributed by atoms with van der Waals surface area (Å²) in [6.07, 6.45) is 0. The van der Waals surface area contributed by atoms with Crippen LogP contribution in [0.3, 0.4) is 0 Å². The maximum Gasteiger partial charge on any atom is 0.259 e. The minimum atomic E-state index is 0.0549. The van der Waals surface area contributed by atoms with Gasteiger partial charge in [0.1, 0.15) is 0 Å². The highest BCUT2D eigenvalue weighted by Gasteiger charge is 2.22. The fourth-order valence-electron chi connectivity index (χ4n) is 2.18. The summed E-state index contributed by atoms with van der Waals surface area (Å²) in [7, 11) is 0. The molecule has 0 unspecified atom stereocenters. The zero-order valence-electron chi connectivity index (χ0n) is 11.9. The van der Waals surface area contributed by atoms with Gasteiger partial charge < -0.3 is 4.90 Å². The van der Waals surface area contributed by atoms with Crippen molar-refractivity contribution >= 4 is 34.2 Å². The Morgan fingerprint density at radius 1 is 1.05 bits per heavy atom. The molecule has 0 atom stereocenters. The third-order valence-electron chi connectivity index (χ3n) is 3.19. The molecule has 0 aliphatic rings. The van der Waals surface area contributed by atoms with E-state index in [2.05, 4.69) is 22.6 Å². The van der Waals surface area contributed by atoms with Gasteiger partial charge in [0.2, 0.25) is 0 Å². The van der Waals surface area contributed by atoms with Crippen LogP contribution in [-0.4, -0.2) is 11.9 Å². The van der Waals surface area contributed by atoms with Crippen LogP contribution in [0.1, 0.15) is 29.8 Å². The lowest BCUT2D eigenvalue weighted by atomic mass is 10.1. The highest BCUT2D eigenvalue weighted by atomic mass is 127. The van der Waals surface area contributed by atoms with Gasteiger partial charge in [-0.05, 0) is 67.1 Å². The molecule has 0 aromatic heterocycles. The van der Waals surface area contributed by atoms with Gasteiger partial charge in [-0.3, -0.25) is 4.79 Å². The lowest BCUT2D eigenvalue weighted by Crippen LogP contribution is -2.37. The average molecular weight is 379 g/mol. The molecule has 0 radical (unpaired) electrons. The van der Waals surface area contributed by atoms with Gasteiger partial charge in [0.05, 0.1) is 5.56 Å². The second-order valence-electron chi connectivity index (χ2n) is 5.04. The molecular formula is C17H18INO. The number of para-hydroxylation sites is 1. The number of nitrogens with zero attached hydrogens (tertiary/aromatic N) is 1. The first-order valence-corrected chi connectivity index (χ1v) is 7.74. The Labute approximate surface area is 133 Å². The van der Waals surface area contributed by atoms with Crippen molar-refractivity contribution in [2.45, 2.75) is 26.8 Å². The van der Waals surface area contributed by atoms with Crippen LogP contribution in [0.5, 0.6) is 0 Å². The molecule has 0 N–H and O–H groups in total. The molecule has 2 rings (SSSR count). The first-order chi connectivity index (χ1) is 9.52. The van der Waals surface area contributed by atoms with Crippen LogP contribution in [0.2, 0.25) is 0 Å². The molecule has 3 heteroatoms. The molecule has 2 nitrogen and oxygen atoms in total. The fraction of sp³-hybridized carbons (Fsp3) is 0.235. The Hall–Kier alpha value is -1.36. The fourth-order valence-corrected chi connectivity index (χ4v) is 2.77. The maximum atomic E-state index is 12.9. The lowest BCUT2D eigenvalue weighted by Gasteiger charge is -2.27. The van der Waals surface area contributed by atoms with E-state index in [4.69, 9.17) is 0 Å². The van der Waals surface area contributed by atoms with E-state index in [1.165, 1.54) is 0 Å². The van der Waals surface area contributed by atoms with E-state index < -0.39 is 0 Å². The quantitative estimate of drug-likeness (QED) is 0.711. The van der Waals surface area contributed by atoms with E-state index in [1.54, 1.807) is 0 Å². The third kappa shape index (κ3) is 3.03. The van der Waals surface area contributed by atoms with E-state index in [1.807, 2.05) is 74.2 Å². The van der Waals surface area contributed by atoms with Crippen molar-refractivity contribution in [2.24, 2.45) is 0 Å². The predicted molar refractivity (Wildman–Crippen MR) is 92.3 cm³/mol. The second kappa shape index (κ2) is 6.39. The van der Waals surface area contributed by atoms with Crippen LogP contribution in [0, 0.1) is 10.5 Å². The standard InChI is InChI=1S/C17H18INO/c1-12(2)19(14-9-5-4-6-10-14)17(20)15-11-7-8-13(3)16(15)18/h4-12H,1-3H3. The minimum Gasteiger partial charge on any atom is -0.306 e. The predicted octanol–water partition coefficient (Wildman–Crippen LogP) is 4.65. The SMILES string of the molecule is Cc1cccc(C(=O)N(c2ccccc2)C(C)C)c1I. The number of carbonyl (C=O) groups excluding carboxylic acids is 1. The van der Waals surface area contributed by atoms with Gasteiger partial charge in [0.15, 0.2) is 0 Å². The first kappa shape index (κ1) is 15.0. The summed E-state index contributed by atoms with van der Waals surface area (Å²) >= 11 is 2.25. The third-order valence-corrected chi connectivity index (χ3v) is 4.62. The van der Waals surface area contributed by atoms with Crippen molar-refractivity contribution in [1.29, 1.82) is 0 Å². The smallest absolute Gasteiger partial charge is 0.259 e. The summed E-state index contributed by atoms with van der Waals surface area (Å²) < 4.78 is 1.02. The summed E-state index contributed by atoms with van der Waals surface area (Å²) in [6, 6.07) is 15.8. The average Bonchev–Trinajstić information content (AvgIpc) is 2.42. The van der Waals surface area contributed by atoms with E-state index in [0.717, 1.165) is 20.4 Å². The van der Waals surface area contributed by atoms with Crippen LogP contribution >= 0.6 is 22.6 Å². The van der Waals surface area contributed by atoms with E-state index >= 15 is 0 Å². The molecule has 0 aliphatic heterocycles. The molecule has 2 aromatic carbocycles. The summed E-state index contributed by atoms with van der Waals surface area (Å²) in [4.78, 5) is 14.7. The van der Waals surface area contributed by atoms with Gasteiger partial charge in [-0.2, -0.15) is 0 Å². The van der Waals surface area contributed by atoms with Crippen molar-refractivity contribution in [3.8, 4) is 0 Å². The molecule has 0 bridgehead atoms. The molecule has 2 aromatic rings. The van der Waals surface area contributed by atoms with Crippen LogP contribution < -0.4 is 4.90 Å². The Bertz CT molecular complexity index is 608. The summed E-state index contributed by atoms with van der Waals surface area (Å²) in [6.45, 7) is 6.10. The lowest BCUT2D eigenvalue weighted by molar-refractivity contribution is 0.0979. The molecule has 0 heterocycles. The van der Waals surface area contributed by atoms with E-state index in [9.17, 15) is 4.79 Å². The van der Waals surface area contributed by atoms with Crippen molar-refractivity contribution in [3.05, 3.63) is 63.2 Å². The molecule has 0 spiro atoms. The Balaban J connectivity index is 2.45. The van der Waals surface area contributed by atoms with E-state index in [0.29, 0.717) is 0 Å². The first-order valence-electron chi connectivity index (χ1n) is 6.66. The normalized spacial score (nSPS) is 10.7. The number of carbonyl (C=O) groups is 1. The zero-order chi connectivity index (χ0) is 14.7. The molecule has 0 aliphatic carbocycles. The van der Waals surface area contributed by atoms with Gasteiger partial charge in [-0.1, -0.05) is 30.3 Å². The van der Waals surface area contributed by atoms with Crippen molar-refractivity contribution < 1.29 is 4.79 Å². The number of hydrogen-bond donors (Lipinski definition) is 0. The number of rotatable bonds is 3. The van der Waals surface area contributed by atoms with Crippen molar-refractivity contribution in [2.75, 3.05) is 4.90 Å². The van der Waals surface area contributed by atoms with Gasteiger partial charge in [-0.25, -0.2) is 0 Å². The molecule has 20 heavy (non-hydrogen) atoms. The molecule has 0 saturated heterocycles. The van der Waals surface area contributed by atoms with Gasteiger partial charge >= 0.3 is 0 Å². The number of halogens is 1. The topological polar surface area (TPSA) is 20.3 Å². The molecule has 0 saturated carbocycles. The van der Waals surface area contributed by atoms with Crippen LogP contribution in [0.25, 0.3) is 0 Å². The van der Waals surface area contributed by atoms with Gasteiger partial charge in [-0.15, -0.1) is 0 Å². The van der Waals surface area contributed by atoms with Gasteiger partial charge in [0, 0.05) is 15.3 Å². The van der Waals surface area contributed by atoms with Gasteiger partial charge in [0.25, 0.3) is 5.91 Å². The van der Waals surface area contributed by atoms with Crippen LogP contribution in [0.15, 0.2) is 48.5 Å². The minimum absolute atomic E-state index is 0.0549. The molecule has 104 valence electrons. The molecular weight excluding hydrogens is 361 g/mol. The largest absolute Gasteiger partial charge is 0.306 e. The highest BCUT2D eigenvalue weighted by Crippen LogP contribution is 2.23. The van der Waals surface area contributed by atoms with Crippen molar-refractivity contribution in [3.63, 3.8) is 0 Å². The monoisotopic (exact) mass is 379 g/mol. The number of anilines is 1. The molecule has 1 amide bonds. The number of hydrogen-bond acceptors (Lipinski definition) is 1. The molecule has 0 fully saturated rings. The summed E-state index contributed by atoms with van der Waals surface area (Å²) in [5.74, 6) is 0.0549. The van der Waals surface area contributed by atoms with Crippen LogP contribution in [0.4, 0.5) is 5.69 Å². The maximum absolute atomic E-state index is 12.9. The zero-order valence-corrected chi connectivity index (χ0v) is 14.1. The summed E-state index contributed by atoms with van der Waals surface area (Å²) in [5.41, 5.74) is 2.83. The Kier molecular flexibility index (Phi) is 4.81.